The van der Waals surface area contributed by atoms with Crippen molar-refractivity contribution in [2.24, 2.45) is 0 Å². The van der Waals surface area contributed by atoms with E-state index >= 15 is 0 Å². The molecule has 0 bridgehead atoms. The van der Waals surface area contributed by atoms with Crippen LogP contribution in [0.2, 0.25) is 0 Å². The van der Waals surface area contributed by atoms with Crippen molar-refractivity contribution in [3.05, 3.63) is 30.1 Å². The number of nitrogens with one attached hydrogen (secondary N) is 2. The smallest absolute Gasteiger partial charge is 0.143 e. The Balaban J connectivity index is 1.99. The maximum absolute atomic E-state index is 3.90. The number of benzene rings is 1. The summed E-state index contributed by atoms with van der Waals surface area (Å²) in [5.74, 6) is 0. The van der Waals surface area contributed by atoms with Crippen LogP contribution < -0.4 is 10.6 Å². The summed E-state index contributed by atoms with van der Waals surface area (Å²) >= 11 is 0. The van der Waals surface area contributed by atoms with E-state index in [1.165, 1.54) is 5.56 Å². The van der Waals surface area contributed by atoms with Gasteiger partial charge >= 0.3 is 0 Å². The molecule has 0 fully saturated rings. The first-order valence-corrected chi connectivity index (χ1v) is 6.79. The van der Waals surface area contributed by atoms with Crippen molar-refractivity contribution >= 4 is 5.69 Å². The third-order valence-corrected chi connectivity index (χ3v) is 2.93. The summed E-state index contributed by atoms with van der Waals surface area (Å²) in [4.78, 5) is 0. The largest absolute Gasteiger partial charge is 0.383 e. The molecule has 0 unspecified atom stereocenters. The number of anilines is 1. The number of hydrogen-bond donors (Lipinski definition) is 2. The second kappa shape index (κ2) is 6.00. The second-order valence-electron chi connectivity index (χ2n) is 5.86. The normalized spacial score (nSPS) is 11.6. The Morgan fingerprint density at radius 2 is 2.00 bits per heavy atom. The quantitative estimate of drug-likeness (QED) is 0.813. The van der Waals surface area contributed by atoms with E-state index < -0.39 is 0 Å². The van der Waals surface area contributed by atoms with Crippen molar-refractivity contribution in [2.45, 2.75) is 33.2 Å². The monoisotopic (exact) mass is 274 g/mol. The Morgan fingerprint density at radius 1 is 1.20 bits per heavy atom. The van der Waals surface area contributed by atoms with E-state index in [0.29, 0.717) is 0 Å². The zero-order valence-corrected chi connectivity index (χ0v) is 12.5. The van der Waals surface area contributed by atoms with Gasteiger partial charge in [-0.05, 0) is 55.8 Å². The molecule has 0 atom stereocenters. The van der Waals surface area contributed by atoms with Crippen LogP contribution in [0, 0.1) is 6.92 Å². The van der Waals surface area contributed by atoms with E-state index in [9.17, 15) is 0 Å². The fraction of sp³-hybridized carbons (Fsp3) is 0.500. The van der Waals surface area contributed by atoms with E-state index in [4.69, 9.17) is 0 Å². The summed E-state index contributed by atoms with van der Waals surface area (Å²) in [6, 6.07) is 6.13. The van der Waals surface area contributed by atoms with Crippen LogP contribution >= 0.6 is 0 Å². The van der Waals surface area contributed by atoms with Gasteiger partial charge in [0.25, 0.3) is 0 Å². The summed E-state index contributed by atoms with van der Waals surface area (Å²) in [7, 11) is 0. The van der Waals surface area contributed by atoms with E-state index in [1.807, 2.05) is 6.07 Å². The molecule has 0 aliphatic rings. The van der Waals surface area contributed by atoms with Crippen LogP contribution in [0.5, 0.6) is 0 Å². The van der Waals surface area contributed by atoms with E-state index in [1.54, 1.807) is 11.0 Å². The van der Waals surface area contributed by atoms with Gasteiger partial charge in [0, 0.05) is 24.3 Å². The van der Waals surface area contributed by atoms with Crippen LogP contribution in [0.15, 0.2) is 24.5 Å². The van der Waals surface area contributed by atoms with Crippen molar-refractivity contribution in [3.8, 4) is 5.69 Å². The zero-order chi connectivity index (χ0) is 14.6. The number of hydrogen-bond acceptors (Lipinski definition) is 5. The van der Waals surface area contributed by atoms with Crippen molar-refractivity contribution in [3.63, 3.8) is 0 Å². The molecule has 20 heavy (non-hydrogen) atoms. The molecule has 0 aliphatic heterocycles. The minimum atomic E-state index is 0.144. The summed E-state index contributed by atoms with van der Waals surface area (Å²) in [5, 5.41) is 18.1. The standard InChI is InChI=1S/C14H22N6/c1-11-5-6-12(20-10-17-18-19-20)9-13(11)15-7-8-16-14(2,3)4/h5-6,9-10,15-16H,7-8H2,1-4H3. The van der Waals surface area contributed by atoms with Gasteiger partial charge in [-0.25, -0.2) is 4.68 Å². The van der Waals surface area contributed by atoms with Gasteiger partial charge in [-0.2, -0.15) is 0 Å². The zero-order valence-electron chi connectivity index (χ0n) is 12.5. The first-order valence-electron chi connectivity index (χ1n) is 6.79. The molecule has 6 nitrogen and oxygen atoms in total. The predicted molar refractivity (Wildman–Crippen MR) is 80.1 cm³/mol. The Kier molecular flexibility index (Phi) is 4.34. The van der Waals surface area contributed by atoms with E-state index in [2.05, 4.69) is 66.0 Å². The molecule has 0 saturated carbocycles. The molecule has 1 aromatic heterocycles. The number of aromatic nitrogens is 4. The fourth-order valence-corrected chi connectivity index (χ4v) is 1.86. The maximum atomic E-state index is 3.90. The molecule has 2 N–H and O–H groups in total. The van der Waals surface area contributed by atoms with Crippen LogP contribution in [-0.2, 0) is 0 Å². The number of aryl methyl sites for hydroxylation is 1. The number of nitrogens with zero attached hydrogens (tertiary/aromatic N) is 4. The summed E-state index contributed by atoms with van der Waals surface area (Å²) < 4.78 is 1.65. The maximum Gasteiger partial charge on any atom is 0.143 e. The van der Waals surface area contributed by atoms with Crippen molar-refractivity contribution < 1.29 is 0 Å². The SMILES string of the molecule is Cc1ccc(-n2cnnn2)cc1NCCNC(C)(C)C. The highest BCUT2D eigenvalue weighted by Gasteiger charge is 2.08. The molecule has 0 saturated heterocycles. The minimum absolute atomic E-state index is 0.144. The average Bonchev–Trinajstić information content (AvgIpc) is 2.89. The van der Waals surface area contributed by atoms with Crippen LogP contribution in [-0.4, -0.2) is 38.8 Å². The molecule has 0 aliphatic carbocycles. The van der Waals surface area contributed by atoms with Gasteiger partial charge in [0.15, 0.2) is 0 Å². The first-order chi connectivity index (χ1) is 9.46. The van der Waals surface area contributed by atoms with Gasteiger partial charge in [0.1, 0.15) is 6.33 Å². The number of rotatable bonds is 5. The number of tetrazole rings is 1. The lowest BCUT2D eigenvalue weighted by atomic mass is 10.1. The predicted octanol–water partition coefficient (Wildman–Crippen LogP) is 1.77. The van der Waals surface area contributed by atoms with E-state index in [0.717, 1.165) is 24.5 Å². The fourth-order valence-electron chi connectivity index (χ4n) is 1.86. The Hall–Kier alpha value is -1.95. The average molecular weight is 274 g/mol. The Labute approximate surface area is 119 Å². The molecule has 2 aromatic rings. The lowest BCUT2D eigenvalue weighted by Gasteiger charge is -2.21. The van der Waals surface area contributed by atoms with Gasteiger partial charge in [-0.1, -0.05) is 6.07 Å². The lowest BCUT2D eigenvalue weighted by Crippen LogP contribution is -2.38. The molecule has 2 rings (SSSR count). The molecular weight excluding hydrogens is 252 g/mol. The van der Waals surface area contributed by atoms with Gasteiger partial charge in [0.05, 0.1) is 5.69 Å². The van der Waals surface area contributed by atoms with Crippen molar-refractivity contribution in [1.29, 1.82) is 0 Å². The molecule has 1 aromatic carbocycles. The van der Waals surface area contributed by atoms with Crippen LogP contribution in [0.3, 0.4) is 0 Å². The Bertz CT molecular complexity index is 541. The first kappa shape index (κ1) is 14.5. The topological polar surface area (TPSA) is 67.7 Å². The van der Waals surface area contributed by atoms with Gasteiger partial charge in [-0.3, -0.25) is 0 Å². The molecule has 108 valence electrons. The summed E-state index contributed by atoms with van der Waals surface area (Å²) in [6.07, 6.45) is 1.59. The second-order valence-corrected chi connectivity index (χ2v) is 5.86. The highest BCUT2D eigenvalue weighted by atomic mass is 15.5. The summed E-state index contributed by atoms with van der Waals surface area (Å²) in [6.45, 7) is 10.4. The van der Waals surface area contributed by atoms with E-state index in [-0.39, 0.29) is 5.54 Å². The molecule has 1 heterocycles. The highest BCUT2D eigenvalue weighted by Crippen LogP contribution is 2.18. The third kappa shape index (κ3) is 4.03. The molecule has 0 amide bonds. The van der Waals surface area contributed by atoms with Gasteiger partial charge in [-0.15, -0.1) is 5.10 Å². The van der Waals surface area contributed by atoms with Crippen LogP contribution in [0.1, 0.15) is 26.3 Å². The third-order valence-electron chi connectivity index (χ3n) is 2.93. The van der Waals surface area contributed by atoms with Crippen molar-refractivity contribution in [2.75, 3.05) is 18.4 Å². The molecular formula is C14H22N6. The lowest BCUT2D eigenvalue weighted by molar-refractivity contribution is 0.435. The van der Waals surface area contributed by atoms with Crippen LogP contribution in [0.4, 0.5) is 5.69 Å². The molecule has 0 spiro atoms. The summed E-state index contributed by atoms with van der Waals surface area (Å²) in [5.41, 5.74) is 3.41. The molecule has 6 heteroatoms. The van der Waals surface area contributed by atoms with Gasteiger partial charge in [0.2, 0.25) is 0 Å². The van der Waals surface area contributed by atoms with Crippen LogP contribution in [0.25, 0.3) is 5.69 Å². The van der Waals surface area contributed by atoms with Crippen molar-refractivity contribution in [1.82, 2.24) is 25.5 Å². The minimum Gasteiger partial charge on any atom is -0.383 e. The molecule has 0 radical (unpaired) electrons. The van der Waals surface area contributed by atoms with Gasteiger partial charge < -0.3 is 10.6 Å². The Morgan fingerprint density at radius 3 is 2.65 bits per heavy atom. The highest BCUT2D eigenvalue weighted by molar-refractivity contribution is 5.56.